The fraction of sp³-hybridized carbons (Fsp3) is 0.409. The van der Waals surface area contributed by atoms with E-state index in [1.807, 2.05) is 23.8 Å². The summed E-state index contributed by atoms with van der Waals surface area (Å²) in [5.74, 6) is -0.635. The van der Waals surface area contributed by atoms with Crippen molar-refractivity contribution in [3.8, 4) is 5.75 Å². The Morgan fingerprint density at radius 2 is 2.19 bits per heavy atom. The van der Waals surface area contributed by atoms with Gasteiger partial charge in [0.15, 0.2) is 11.6 Å². The van der Waals surface area contributed by atoms with Crippen LogP contribution in [0.4, 0.5) is 8.78 Å². The Bertz CT molecular complexity index is 1070. The number of hydrogen-bond donors (Lipinski definition) is 1. The van der Waals surface area contributed by atoms with Crippen molar-refractivity contribution in [2.45, 2.75) is 32.4 Å². The summed E-state index contributed by atoms with van der Waals surface area (Å²) in [5.41, 5.74) is 1.54. The minimum atomic E-state index is -0.944. The molecule has 1 amide bonds. The third kappa shape index (κ3) is 5.31. The SMILES string of the molecule is Cc1nccn1CCC(=O)N1CCO[C@H](c2cc(CCOc3ccc(F)c(F)c3)[nH]n2)C1. The van der Waals surface area contributed by atoms with Gasteiger partial charge in [-0.3, -0.25) is 9.89 Å². The van der Waals surface area contributed by atoms with Crippen molar-refractivity contribution in [1.82, 2.24) is 24.6 Å². The predicted molar refractivity (Wildman–Crippen MR) is 111 cm³/mol. The standard InChI is InChI=1S/C22H25F2N5O3/c1-15-25-6-8-28(15)7-4-22(30)29-9-11-32-21(14-29)20-12-16(26-27-20)5-10-31-17-2-3-18(23)19(24)13-17/h2-3,6,8,12-13,21H,4-5,7,9-11,14H2,1H3,(H,26,27)/t21-/m0/s1. The molecule has 0 saturated carbocycles. The zero-order chi connectivity index (χ0) is 22.5. The number of H-pyrrole nitrogens is 1. The van der Waals surface area contributed by atoms with Gasteiger partial charge in [-0.15, -0.1) is 0 Å². The molecule has 170 valence electrons. The van der Waals surface area contributed by atoms with Gasteiger partial charge in [0.1, 0.15) is 17.7 Å². The molecule has 1 atom stereocenters. The van der Waals surface area contributed by atoms with Crippen LogP contribution in [0.5, 0.6) is 5.75 Å². The Morgan fingerprint density at radius 1 is 1.31 bits per heavy atom. The van der Waals surface area contributed by atoms with E-state index in [0.717, 1.165) is 29.3 Å². The number of aryl methyl sites for hydroxylation is 2. The Hall–Kier alpha value is -3.27. The number of aromatic amines is 1. The molecule has 1 N–H and O–H groups in total. The van der Waals surface area contributed by atoms with Gasteiger partial charge in [0.25, 0.3) is 0 Å². The molecule has 32 heavy (non-hydrogen) atoms. The number of morpholine rings is 1. The lowest BCUT2D eigenvalue weighted by Crippen LogP contribution is -2.42. The van der Waals surface area contributed by atoms with Crippen molar-refractivity contribution in [2.75, 3.05) is 26.3 Å². The first-order valence-corrected chi connectivity index (χ1v) is 10.5. The van der Waals surface area contributed by atoms with Crippen LogP contribution in [0.2, 0.25) is 0 Å². The highest BCUT2D eigenvalue weighted by molar-refractivity contribution is 5.76. The second-order valence-corrected chi connectivity index (χ2v) is 7.61. The molecule has 0 spiro atoms. The van der Waals surface area contributed by atoms with Crippen LogP contribution in [0, 0.1) is 18.6 Å². The Labute approximate surface area is 184 Å². The quantitative estimate of drug-likeness (QED) is 0.576. The number of halogens is 2. The first kappa shape index (κ1) is 21.9. The molecule has 0 bridgehead atoms. The monoisotopic (exact) mass is 445 g/mol. The maximum Gasteiger partial charge on any atom is 0.224 e. The number of amides is 1. The van der Waals surface area contributed by atoms with Crippen molar-refractivity contribution in [3.63, 3.8) is 0 Å². The summed E-state index contributed by atoms with van der Waals surface area (Å²) in [4.78, 5) is 18.6. The number of nitrogens with one attached hydrogen (secondary N) is 1. The lowest BCUT2D eigenvalue weighted by Gasteiger charge is -2.32. The number of aromatic nitrogens is 4. The number of rotatable bonds is 8. The normalized spacial score (nSPS) is 16.3. The zero-order valence-electron chi connectivity index (χ0n) is 17.8. The molecule has 1 saturated heterocycles. The third-order valence-electron chi connectivity index (χ3n) is 5.42. The topological polar surface area (TPSA) is 85.3 Å². The second kappa shape index (κ2) is 9.90. The summed E-state index contributed by atoms with van der Waals surface area (Å²) in [6.45, 7) is 4.22. The summed E-state index contributed by atoms with van der Waals surface area (Å²) >= 11 is 0. The molecule has 1 fully saturated rings. The van der Waals surface area contributed by atoms with Crippen LogP contribution in [0.3, 0.4) is 0 Å². The highest BCUT2D eigenvalue weighted by atomic mass is 19.2. The van der Waals surface area contributed by atoms with Crippen LogP contribution >= 0.6 is 0 Å². The van der Waals surface area contributed by atoms with Gasteiger partial charge in [-0.05, 0) is 25.1 Å². The molecule has 2 aromatic heterocycles. The van der Waals surface area contributed by atoms with E-state index in [4.69, 9.17) is 9.47 Å². The summed E-state index contributed by atoms with van der Waals surface area (Å²) < 4.78 is 39.5. The maximum absolute atomic E-state index is 13.2. The number of carbonyl (C=O) groups is 1. The van der Waals surface area contributed by atoms with E-state index in [1.54, 1.807) is 11.1 Å². The molecule has 10 heteroatoms. The van der Waals surface area contributed by atoms with Gasteiger partial charge in [0.2, 0.25) is 5.91 Å². The van der Waals surface area contributed by atoms with Gasteiger partial charge < -0.3 is 18.9 Å². The Morgan fingerprint density at radius 3 is 2.97 bits per heavy atom. The average molecular weight is 445 g/mol. The highest BCUT2D eigenvalue weighted by Gasteiger charge is 2.27. The van der Waals surface area contributed by atoms with E-state index in [-0.39, 0.29) is 24.4 Å². The summed E-state index contributed by atoms with van der Waals surface area (Å²) in [5, 5.41) is 7.26. The number of imidazole rings is 1. The van der Waals surface area contributed by atoms with E-state index in [9.17, 15) is 13.6 Å². The molecule has 4 rings (SSSR count). The third-order valence-corrected chi connectivity index (χ3v) is 5.42. The van der Waals surface area contributed by atoms with Gasteiger partial charge in [-0.2, -0.15) is 5.10 Å². The van der Waals surface area contributed by atoms with Crippen molar-refractivity contribution in [3.05, 3.63) is 65.5 Å². The average Bonchev–Trinajstić information content (AvgIpc) is 3.43. The van der Waals surface area contributed by atoms with Crippen LogP contribution in [0.1, 0.15) is 29.7 Å². The number of benzene rings is 1. The first-order chi connectivity index (χ1) is 15.5. The highest BCUT2D eigenvalue weighted by Crippen LogP contribution is 2.22. The number of ether oxygens (including phenoxy) is 2. The molecule has 8 nitrogen and oxygen atoms in total. The molecule has 0 aliphatic carbocycles. The minimum absolute atomic E-state index is 0.0714. The maximum atomic E-state index is 13.2. The lowest BCUT2D eigenvalue weighted by atomic mass is 10.1. The largest absolute Gasteiger partial charge is 0.493 e. The van der Waals surface area contributed by atoms with E-state index in [2.05, 4.69) is 15.2 Å². The molecule has 1 aliphatic heterocycles. The molecule has 3 aromatic rings. The van der Waals surface area contributed by atoms with Gasteiger partial charge in [-0.25, -0.2) is 13.8 Å². The van der Waals surface area contributed by atoms with Crippen LogP contribution in [0.25, 0.3) is 0 Å². The van der Waals surface area contributed by atoms with Crippen LogP contribution in [0.15, 0.2) is 36.7 Å². The van der Waals surface area contributed by atoms with E-state index in [1.165, 1.54) is 6.07 Å². The lowest BCUT2D eigenvalue weighted by molar-refractivity contribution is -0.139. The summed E-state index contributed by atoms with van der Waals surface area (Å²) in [6.07, 6.45) is 4.19. The Kier molecular flexibility index (Phi) is 6.79. The molecule has 0 unspecified atom stereocenters. The van der Waals surface area contributed by atoms with Crippen LogP contribution < -0.4 is 4.74 Å². The van der Waals surface area contributed by atoms with E-state index < -0.39 is 11.6 Å². The smallest absolute Gasteiger partial charge is 0.224 e. The van der Waals surface area contributed by atoms with Gasteiger partial charge >= 0.3 is 0 Å². The summed E-state index contributed by atoms with van der Waals surface area (Å²) in [6, 6.07) is 5.31. The Balaban J connectivity index is 1.27. The number of carbonyl (C=O) groups excluding carboxylic acids is 1. The van der Waals surface area contributed by atoms with Crippen molar-refractivity contribution in [1.29, 1.82) is 0 Å². The summed E-state index contributed by atoms with van der Waals surface area (Å²) in [7, 11) is 0. The molecular formula is C22H25F2N5O3. The molecule has 1 aliphatic rings. The van der Waals surface area contributed by atoms with Gasteiger partial charge in [0.05, 0.1) is 25.5 Å². The van der Waals surface area contributed by atoms with Crippen molar-refractivity contribution in [2.24, 2.45) is 0 Å². The molecule has 0 radical (unpaired) electrons. The number of hydrogen-bond acceptors (Lipinski definition) is 5. The van der Waals surface area contributed by atoms with E-state index >= 15 is 0 Å². The molecule has 1 aromatic carbocycles. The molecule has 3 heterocycles. The van der Waals surface area contributed by atoms with Gasteiger partial charge in [0, 0.05) is 50.1 Å². The van der Waals surface area contributed by atoms with E-state index in [0.29, 0.717) is 39.1 Å². The van der Waals surface area contributed by atoms with Crippen molar-refractivity contribution < 1.29 is 23.0 Å². The minimum Gasteiger partial charge on any atom is -0.493 e. The molecular weight excluding hydrogens is 420 g/mol. The zero-order valence-corrected chi connectivity index (χ0v) is 17.8. The van der Waals surface area contributed by atoms with Gasteiger partial charge in [-0.1, -0.05) is 0 Å². The first-order valence-electron chi connectivity index (χ1n) is 10.5. The number of nitrogens with zero attached hydrogens (tertiary/aromatic N) is 4. The van der Waals surface area contributed by atoms with Crippen LogP contribution in [-0.2, 0) is 22.5 Å². The predicted octanol–water partition coefficient (Wildman–Crippen LogP) is 2.80. The fourth-order valence-electron chi connectivity index (χ4n) is 3.59. The van der Waals surface area contributed by atoms with Crippen molar-refractivity contribution >= 4 is 5.91 Å². The second-order valence-electron chi connectivity index (χ2n) is 7.61. The van der Waals surface area contributed by atoms with Crippen LogP contribution in [-0.4, -0.2) is 56.9 Å². The fourth-order valence-corrected chi connectivity index (χ4v) is 3.59.